The molecule has 0 saturated carbocycles. The summed E-state index contributed by atoms with van der Waals surface area (Å²) in [6.07, 6.45) is 2.24. The monoisotopic (exact) mass is 222 g/mol. The summed E-state index contributed by atoms with van der Waals surface area (Å²) in [4.78, 5) is 0. The van der Waals surface area contributed by atoms with Crippen molar-refractivity contribution in [3.8, 4) is 0 Å². The second kappa shape index (κ2) is 4.58. The zero-order valence-corrected chi connectivity index (χ0v) is 10.8. The van der Waals surface area contributed by atoms with Gasteiger partial charge in [0.1, 0.15) is 0 Å². The summed E-state index contributed by atoms with van der Waals surface area (Å²) in [5, 5.41) is 4.72. The lowest BCUT2D eigenvalue weighted by Crippen LogP contribution is -2.15. The van der Waals surface area contributed by atoms with Gasteiger partial charge in [0.05, 0.1) is 5.69 Å². The molecule has 2 heterocycles. The third-order valence-corrected chi connectivity index (χ3v) is 3.53. The molecule has 0 bridgehead atoms. The summed E-state index contributed by atoms with van der Waals surface area (Å²) in [6.45, 7) is 8.46. The summed E-state index contributed by atoms with van der Waals surface area (Å²) in [5.41, 5.74) is 4.07. The normalized spacial score (nSPS) is 18.3. The fourth-order valence-corrected chi connectivity index (χ4v) is 2.83. The van der Waals surface area contributed by atoms with Gasteiger partial charge >= 0.3 is 0 Å². The van der Waals surface area contributed by atoms with Gasteiger partial charge in [0.15, 0.2) is 0 Å². The molecule has 1 aliphatic rings. The van der Waals surface area contributed by atoms with Gasteiger partial charge < -0.3 is 4.74 Å². The maximum Gasteiger partial charge on any atom is 0.0689 e. The number of aromatic nitrogens is 2. The summed E-state index contributed by atoms with van der Waals surface area (Å²) in [5.74, 6) is 1.15. The Bertz CT molecular complexity index is 362. The molecule has 0 aliphatic carbocycles. The molecule has 1 aromatic rings. The molecule has 0 unspecified atom stereocenters. The largest absolute Gasteiger partial charge is 0.381 e. The van der Waals surface area contributed by atoms with Crippen LogP contribution in [0.3, 0.4) is 0 Å². The SMILES string of the molecule is Cc1c(C2CCOCC2)nn(C)c1C(C)C. The average molecular weight is 222 g/mol. The number of rotatable bonds is 2. The van der Waals surface area contributed by atoms with Crippen molar-refractivity contribution in [2.75, 3.05) is 13.2 Å². The molecule has 0 aromatic carbocycles. The molecule has 1 aliphatic heterocycles. The van der Waals surface area contributed by atoms with Crippen molar-refractivity contribution in [1.82, 2.24) is 9.78 Å². The van der Waals surface area contributed by atoms with Gasteiger partial charge in [-0.15, -0.1) is 0 Å². The molecule has 90 valence electrons. The van der Waals surface area contributed by atoms with Crippen molar-refractivity contribution in [3.05, 3.63) is 17.0 Å². The van der Waals surface area contributed by atoms with Crippen molar-refractivity contribution >= 4 is 0 Å². The van der Waals surface area contributed by atoms with E-state index in [0.29, 0.717) is 11.8 Å². The van der Waals surface area contributed by atoms with E-state index in [1.54, 1.807) is 0 Å². The van der Waals surface area contributed by atoms with Crippen molar-refractivity contribution in [2.45, 2.75) is 45.4 Å². The van der Waals surface area contributed by atoms with Crippen LogP contribution in [0.2, 0.25) is 0 Å². The Balaban J connectivity index is 2.30. The first kappa shape index (κ1) is 11.6. The minimum atomic E-state index is 0.547. The lowest BCUT2D eigenvalue weighted by Gasteiger charge is -2.21. The van der Waals surface area contributed by atoms with Crippen LogP contribution in [0.1, 0.15) is 55.5 Å². The van der Waals surface area contributed by atoms with E-state index in [-0.39, 0.29) is 0 Å². The van der Waals surface area contributed by atoms with Crippen LogP contribution in [0, 0.1) is 6.92 Å². The quantitative estimate of drug-likeness (QED) is 0.769. The van der Waals surface area contributed by atoms with Crippen LogP contribution < -0.4 is 0 Å². The molecule has 0 N–H and O–H groups in total. The van der Waals surface area contributed by atoms with Crippen LogP contribution in [-0.2, 0) is 11.8 Å². The Hall–Kier alpha value is -0.830. The van der Waals surface area contributed by atoms with E-state index < -0.39 is 0 Å². The van der Waals surface area contributed by atoms with Crippen molar-refractivity contribution in [3.63, 3.8) is 0 Å². The highest BCUT2D eigenvalue weighted by Crippen LogP contribution is 2.31. The number of ether oxygens (including phenoxy) is 1. The van der Waals surface area contributed by atoms with Crippen molar-refractivity contribution < 1.29 is 4.74 Å². The molecule has 0 amide bonds. The van der Waals surface area contributed by atoms with Gasteiger partial charge in [-0.1, -0.05) is 13.8 Å². The molecule has 1 fully saturated rings. The van der Waals surface area contributed by atoms with Crippen LogP contribution in [0.4, 0.5) is 0 Å². The van der Waals surface area contributed by atoms with E-state index in [2.05, 4.69) is 32.5 Å². The third-order valence-electron chi connectivity index (χ3n) is 3.53. The zero-order valence-electron chi connectivity index (χ0n) is 10.8. The van der Waals surface area contributed by atoms with E-state index in [4.69, 9.17) is 9.84 Å². The predicted octanol–water partition coefficient (Wildman–Crippen LogP) is 2.75. The number of nitrogens with zero attached hydrogens (tertiary/aromatic N) is 2. The molecule has 1 aromatic heterocycles. The Morgan fingerprint density at radius 2 is 1.94 bits per heavy atom. The van der Waals surface area contributed by atoms with Gasteiger partial charge in [0, 0.05) is 31.9 Å². The van der Waals surface area contributed by atoms with Gasteiger partial charge in [-0.05, 0) is 31.2 Å². The van der Waals surface area contributed by atoms with Gasteiger partial charge in [0.2, 0.25) is 0 Å². The minimum absolute atomic E-state index is 0.547. The second-order valence-corrected chi connectivity index (χ2v) is 5.06. The Morgan fingerprint density at radius 1 is 1.31 bits per heavy atom. The number of hydrogen-bond acceptors (Lipinski definition) is 2. The number of aryl methyl sites for hydroxylation is 1. The van der Waals surface area contributed by atoms with Gasteiger partial charge in [-0.25, -0.2) is 0 Å². The lowest BCUT2D eigenvalue weighted by atomic mass is 9.92. The van der Waals surface area contributed by atoms with E-state index in [1.165, 1.54) is 17.0 Å². The van der Waals surface area contributed by atoms with Crippen LogP contribution >= 0.6 is 0 Å². The fraction of sp³-hybridized carbons (Fsp3) is 0.769. The highest BCUT2D eigenvalue weighted by molar-refractivity contribution is 5.29. The molecular formula is C13H22N2O. The highest BCUT2D eigenvalue weighted by Gasteiger charge is 2.23. The van der Waals surface area contributed by atoms with Crippen molar-refractivity contribution in [2.24, 2.45) is 7.05 Å². The van der Waals surface area contributed by atoms with Crippen LogP contribution in [0.5, 0.6) is 0 Å². The van der Waals surface area contributed by atoms with Crippen molar-refractivity contribution in [1.29, 1.82) is 0 Å². The third kappa shape index (κ3) is 2.01. The van der Waals surface area contributed by atoms with Crippen LogP contribution in [-0.4, -0.2) is 23.0 Å². The molecule has 3 heteroatoms. The molecule has 0 radical (unpaired) electrons. The molecular weight excluding hydrogens is 200 g/mol. The zero-order chi connectivity index (χ0) is 11.7. The molecule has 1 saturated heterocycles. The highest BCUT2D eigenvalue weighted by atomic mass is 16.5. The van der Waals surface area contributed by atoms with E-state index in [9.17, 15) is 0 Å². The molecule has 16 heavy (non-hydrogen) atoms. The summed E-state index contributed by atoms with van der Waals surface area (Å²) < 4.78 is 7.47. The Kier molecular flexibility index (Phi) is 3.33. The van der Waals surface area contributed by atoms with Gasteiger partial charge in [-0.2, -0.15) is 5.10 Å². The molecule has 0 atom stereocenters. The summed E-state index contributed by atoms with van der Waals surface area (Å²) in [6, 6.07) is 0. The van der Waals surface area contributed by atoms with E-state index in [1.807, 2.05) is 0 Å². The second-order valence-electron chi connectivity index (χ2n) is 5.06. The van der Waals surface area contributed by atoms with Crippen LogP contribution in [0.25, 0.3) is 0 Å². The molecule has 2 rings (SSSR count). The van der Waals surface area contributed by atoms with Gasteiger partial charge in [-0.3, -0.25) is 4.68 Å². The summed E-state index contributed by atoms with van der Waals surface area (Å²) in [7, 11) is 2.06. The predicted molar refractivity (Wildman–Crippen MR) is 64.8 cm³/mol. The minimum Gasteiger partial charge on any atom is -0.381 e. The van der Waals surface area contributed by atoms with Gasteiger partial charge in [0.25, 0.3) is 0 Å². The first-order valence-electron chi connectivity index (χ1n) is 6.22. The maximum atomic E-state index is 5.41. The first-order chi connectivity index (χ1) is 7.61. The lowest BCUT2D eigenvalue weighted by molar-refractivity contribution is 0.0843. The maximum absolute atomic E-state index is 5.41. The average Bonchev–Trinajstić information content (AvgIpc) is 2.55. The topological polar surface area (TPSA) is 27.1 Å². The fourth-order valence-electron chi connectivity index (χ4n) is 2.83. The standard InChI is InChI=1S/C13H22N2O/c1-9(2)13-10(3)12(14-15(13)4)11-5-7-16-8-6-11/h9,11H,5-8H2,1-4H3. The Labute approximate surface area is 97.8 Å². The van der Waals surface area contributed by atoms with Crippen LogP contribution in [0.15, 0.2) is 0 Å². The first-order valence-corrected chi connectivity index (χ1v) is 6.22. The van der Waals surface area contributed by atoms with E-state index >= 15 is 0 Å². The number of hydrogen-bond donors (Lipinski definition) is 0. The van der Waals surface area contributed by atoms with E-state index in [0.717, 1.165) is 26.1 Å². The summed E-state index contributed by atoms with van der Waals surface area (Å²) >= 11 is 0. The molecule has 3 nitrogen and oxygen atoms in total. The Morgan fingerprint density at radius 3 is 2.44 bits per heavy atom. The smallest absolute Gasteiger partial charge is 0.0689 e. The molecule has 0 spiro atoms.